The van der Waals surface area contributed by atoms with Crippen LogP contribution >= 0.6 is 11.3 Å². The molecule has 1 aliphatic rings. The predicted molar refractivity (Wildman–Crippen MR) is 109 cm³/mol. The molecule has 1 aliphatic heterocycles. The van der Waals surface area contributed by atoms with E-state index in [1.807, 2.05) is 6.92 Å². The molecule has 0 radical (unpaired) electrons. The molecule has 1 amide bonds. The summed E-state index contributed by atoms with van der Waals surface area (Å²) in [5.74, 6) is -2.09. The van der Waals surface area contributed by atoms with Gasteiger partial charge in [0.25, 0.3) is 10.0 Å². The number of amides is 1. The largest absolute Gasteiger partial charge is 0.505 e. The van der Waals surface area contributed by atoms with Crippen molar-refractivity contribution in [2.45, 2.75) is 24.0 Å². The number of para-hydroxylation sites is 1. The third-order valence-electron chi connectivity index (χ3n) is 4.76. The Morgan fingerprint density at radius 1 is 1.28 bits per heavy atom. The first-order valence-electron chi connectivity index (χ1n) is 9.01. The fourth-order valence-electron chi connectivity index (χ4n) is 3.21. The van der Waals surface area contributed by atoms with Crippen LogP contribution in [0.15, 0.2) is 34.5 Å². The lowest BCUT2D eigenvalue weighted by Gasteiger charge is -2.30. The van der Waals surface area contributed by atoms with Gasteiger partial charge in [-0.25, -0.2) is 13.2 Å². The van der Waals surface area contributed by atoms with E-state index in [-0.39, 0.29) is 27.8 Å². The van der Waals surface area contributed by atoms with E-state index in [1.165, 1.54) is 41.0 Å². The van der Waals surface area contributed by atoms with E-state index in [9.17, 15) is 23.1 Å². The van der Waals surface area contributed by atoms with Gasteiger partial charge < -0.3 is 15.2 Å². The van der Waals surface area contributed by atoms with Gasteiger partial charge in [0.15, 0.2) is 5.75 Å². The van der Waals surface area contributed by atoms with Gasteiger partial charge in [-0.15, -0.1) is 11.3 Å². The number of piperidine rings is 1. The lowest BCUT2D eigenvalue weighted by molar-refractivity contribution is -0.120. The molecule has 2 heterocycles. The number of anilines is 1. The minimum atomic E-state index is -3.65. The lowest BCUT2D eigenvalue weighted by atomic mass is 9.98. The molecule has 0 saturated carbocycles. The zero-order valence-electron chi connectivity index (χ0n) is 16.0. The van der Waals surface area contributed by atoms with Gasteiger partial charge in [0.2, 0.25) is 5.91 Å². The molecule has 1 atom stereocenters. The third-order valence-corrected chi connectivity index (χ3v) is 8.10. The van der Waals surface area contributed by atoms with E-state index in [1.54, 1.807) is 12.1 Å². The molecule has 1 saturated heterocycles. The smallest absolute Gasteiger partial charge is 0.341 e. The van der Waals surface area contributed by atoms with Crippen LogP contribution in [0.2, 0.25) is 0 Å². The molecule has 29 heavy (non-hydrogen) atoms. The Bertz CT molecular complexity index is 1030. The maximum Gasteiger partial charge on any atom is 0.341 e. The average molecular weight is 439 g/mol. The molecule has 1 fully saturated rings. The Morgan fingerprint density at radius 2 is 2.03 bits per heavy atom. The van der Waals surface area contributed by atoms with Gasteiger partial charge in [-0.1, -0.05) is 6.07 Å². The number of nitrogens with zero attached hydrogens (tertiary/aromatic N) is 1. The van der Waals surface area contributed by atoms with Crippen molar-refractivity contribution in [1.29, 1.82) is 0 Å². The second-order valence-electron chi connectivity index (χ2n) is 6.75. The number of hydrogen-bond acceptors (Lipinski definition) is 7. The van der Waals surface area contributed by atoms with Crippen LogP contribution in [0.5, 0.6) is 5.75 Å². The maximum absolute atomic E-state index is 12.8. The third kappa shape index (κ3) is 4.44. The summed E-state index contributed by atoms with van der Waals surface area (Å²) in [7, 11) is -2.46. The Balaban J connectivity index is 1.75. The van der Waals surface area contributed by atoms with Crippen molar-refractivity contribution in [1.82, 2.24) is 4.31 Å². The van der Waals surface area contributed by atoms with Crippen molar-refractivity contribution < 1.29 is 27.9 Å². The summed E-state index contributed by atoms with van der Waals surface area (Å²) in [5, 5.41) is 12.8. The number of hydrogen-bond donors (Lipinski definition) is 2. The summed E-state index contributed by atoms with van der Waals surface area (Å²) in [6.07, 6.45) is 1.08. The second kappa shape index (κ2) is 8.52. The van der Waals surface area contributed by atoms with Gasteiger partial charge in [0.05, 0.1) is 18.7 Å². The van der Waals surface area contributed by atoms with Gasteiger partial charge in [-0.2, -0.15) is 4.31 Å². The van der Waals surface area contributed by atoms with Crippen LogP contribution in [0.4, 0.5) is 5.69 Å². The topological polar surface area (TPSA) is 113 Å². The standard InChI is InChI=1S/C19H22N2O6S2/c1-12-8-9-16(28-12)29(25,26)21-10-4-5-13(11-21)18(23)20-15-7-3-6-14(17(15)22)19(24)27-2/h3,6-9,13,22H,4-5,10-11H2,1-2H3,(H,20,23). The van der Waals surface area contributed by atoms with Crippen molar-refractivity contribution in [2.75, 3.05) is 25.5 Å². The number of phenols is 1. The Morgan fingerprint density at radius 3 is 2.69 bits per heavy atom. The van der Waals surface area contributed by atoms with Crippen LogP contribution in [0.1, 0.15) is 28.1 Å². The van der Waals surface area contributed by atoms with Crippen LogP contribution in [-0.2, 0) is 19.6 Å². The number of phenolic OH excluding ortho intramolecular Hbond substituents is 1. The van der Waals surface area contributed by atoms with Gasteiger partial charge in [-0.3, -0.25) is 4.79 Å². The van der Waals surface area contributed by atoms with Crippen LogP contribution < -0.4 is 5.32 Å². The molecule has 1 unspecified atom stereocenters. The molecule has 0 bridgehead atoms. The lowest BCUT2D eigenvalue weighted by Crippen LogP contribution is -2.43. The molecule has 1 aromatic carbocycles. The molecular formula is C19H22N2O6S2. The van der Waals surface area contributed by atoms with Gasteiger partial charge in [0, 0.05) is 18.0 Å². The van der Waals surface area contributed by atoms with E-state index < -0.39 is 27.8 Å². The average Bonchev–Trinajstić information content (AvgIpc) is 3.16. The SMILES string of the molecule is COC(=O)c1cccc(NC(=O)C2CCCN(S(=O)(=O)c3ccc(C)s3)C2)c1O. The summed E-state index contributed by atoms with van der Waals surface area (Å²) in [4.78, 5) is 25.3. The van der Waals surface area contributed by atoms with Gasteiger partial charge >= 0.3 is 5.97 Å². The zero-order valence-corrected chi connectivity index (χ0v) is 17.7. The molecule has 2 N–H and O–H groups in total. The van der Waals surface area contributed by atoms with Crippen molar-refractivity contribution >= 4 is 38.9 Å². The fraction of sp³-hybridized carbons (Fsp3) is 0.368. The molecule has 156 valence electrons. The number of carbonyl (C=O) groups excluding carboxylic acids is 2. The number of aryl methyl sites for hydroxylation is 1. The Kier molecular flexibility index (Phi) is 6.25. The monoisotopic (exact) mass is 438 g/mol. The first kappa shape index (κ1) is 21.3. The molecule has 0 spiro atoms. The first-order valence-corrected chi connectivity index (χ1v) is 11.3. The number of thiophene rings is 1. The summed E-state index contributed by atoms with van der Waals surface area (Å²) >= 11 is 1.20. The van der Waals surface area contributed by atoms with Crippen molar-refractivity contribution in [3.63, 3.8) is 0 Å². The normalized spacial score (nSPS) is 17.7. The second-order valence-corrected chi connectivity index (χ2v) is 10.2. The Hall–Kier alpha value is -2.43. The number of esters is 1. The highest BCUT2D eigenvalue weighted by atomic mass is 32.2. The van der Waals surface area contributed by atoms with E-state index in [0.29, 0.717) is 19.4 Å². The molecule has 10 heteroatoms. The van der Waals surface area contributed by atoms with Crippen molar-refractivity contribution in [3.8, 4) is 5.75 Å². The first-order chi connectivity index (χ1) is 13.7. The van der Waals surface area contributed by atoms with Crippen molar-refractivity contribution in [3.05, 3.63) is 40.8 Å². The number of methoxy groups -OCH3 is 1. The summed E-state index contributed by atoms with van der Waals surface area (Å²) in [5.41, 5.74) is 0.0120. The van der Waals surface area contributed by atoms with Crippen molar-refractivity contribution in [2.24, 2.45) is 5.92 Å². The van der Waals surface area contributed by atoms with E-state index >= 15 is 0 Å². The quantitative estimate of drug-likeness (QED) is 0.548. The summed E-state index contributed by atoms with van der Waals surface area (Å²) in [6, 6.07) is 7.69. The number of carbonyl (C=O) groups is 2. The minimum absolute atomic E-state index is 0.0581. The fourth-order valence-corrected chi connectivity index (χ4v) is 6.17. The van der Waals surface area contributed by atoms with Crippen LogP contribution in [0.25, 0.3) is 0 Å². The minimum Gasteiger partial charge on any atom is -0.505 e. The van der Waals surface area contributed by atoms with Crippen LogP contribution in [0, 0.1) is 12.8 Å². The highest BCUT2D eigenvalue weighted by Crippen LogP contribution is 2.31. The highest BCUT2D eigenvalue weighted by molar-refractivity contribution is 7.91. The molecule has 0 aliphatic carbocycles. The van der Waals surface area contributed by atoms with E-state index in [0.717, 1.165) is 4.88 Å². The van der Waals surface area contributed by atoms with Gasteiger partial charge in [-0.05, 0) is 44.0 Å². The number of aromatic hydroxyl groups is 1. The van der Waals surface area contributed by atoms with Crippen LogP contribution in [0.3, 0.4) is 0 Å². The number of nitrogens with one attached hydrogen (secondary N) is 1. The zero-order chi connectivity index (χ0) is 21.2. The van der Waals surface area contributed by atoms with Crippen LogP contribution in [-0.4, -0.2) is 49.9 Å². The molecule has 1 aromatic heterocycles. The molecule has 8 nitrogen and oxygen atoms in total. The van der Waals surface area contributed by atoms with E-state index in [4.69, 9.17) is 0 Å². The molecule has 3 rings (SSSR count). The van der Waals surface area contributed by atoms with E-state index in [2.05, 4.69) is 10.1 Å². The predicted octanol–water partition coefficient (Wildman–Crippen LogP) is 2.59. The van der Waals surface area contributed by atoms with Gasteiger partial charge in [0.1, 0.15) is 9.77 Å². The Labute approximate surface area is 173 Å². The summed E-state index contributed by atoms with van der Waals surface area (Å²) < 4.78 is 31.9. The highest BCUT2D eigenvalue weighted by Gasteiger charge is 2.34. The number of ether oxygens (including phenoxy) is 1. The number of benzene rings is 1. The number of rotatable bonds is 5. The number of sulfonamides is 1. The maximum atomic E-state index is 12.8. The molecular weight excluding hydrogens is 416 g/mol. The summed E-state index contributed by atoms with van der Waals surface area (Å²) in [6.45, 7) is 2.25. The molecule has 2 aromatic rings.